The normalized spacial score (nSPS) is 19.1. The number of rotatable bonds is 3. The van der Waals surface area contributed by atoms with Crippen molar-refractivity contribution in [1.82, 2.24) is 9.97 Å². The summed E-state index contributed by atoms with van der Waals surface area (Å²) < 4.78 is 9.97. The Morgan fingerprint density at radius 2 is 2.21 bits per heavy atom. The van der Waals surface area contributed by atoms with Crippen LogP contribution in [0.3, 0.4) is 0 Å². The predicted molar refractivity (Wildman–Crippen MR) is 70.3 cm³/mol. The summed E-state index contributed by atoms with van der Waals surface area (Å²) in [6.45, 7) is 3.34. The van der Waals surface area contributed by atoms with E-state index in [1.54, 1.807) is 13.2 Å². The van der Waals surface area contributed by atoms with Gasteiger partial charge >= 0.3 is 5.97 Å². The molecule has 0 radical (unpaired) electrons. The summed E-state index contributed by atoms with van der Waals surface area (Å²) in [7, 11) is 3.01. The van der Waals surface area contributed by atoms with E-state index in [4.69, 9.17) is 9.47 Å². The highest BCUT2D eigenvalue weighted by atomic mass is 16.5. The molecule has 19 heavy (non-hydrogen) atoms. The molecule has 1 saturated heterocycles. The summed E-state index contributed by atoms with van der Waals surface area (Å²) in [6, 6.07) is 1.80. The molecule has 0 aliphatic carbocycles. The van der Waals surface area contributed by atoms with Gasteiger partial charge in [-0.15, -0.1) is 0 Å². The summed E-state index contributed by atoms with van der Waals surface area (Å²) in [6.07, 6.45) is 1.81. The number of ether oxygens (including phenoxy) is 2. The van der Waals surface area contributed by atoms with E-state index in [1.165, 1.54) is 7.11 Å². The Labute approximate surface area is 112 Å². The Balaban J connectivity index is 2.17. The van der Waals surface area contributed by atoms with Gasteiger partial charge in [-0.05, 0) is 19.8 Å². The van der Waals surface area contributed by atoms with E-state index in [-0.39, 0.29) is 11.9 Å². The summed E-state index contributed by atoms with van der Waals surface area (Å²) >= 11 is 0. The van der Waals surface area contributed by atoms with Crippen LogP contribution in [-0.4, -0.2) is 43.2 Å². The van der Waals surface area contributed by atoms with Crippen LogP contribution in [-0.2, 0) is 9.53 Å². The molecule has 0 aromatic carbocycles. The summed E-state index contributed by atoms with van der Waals surface area (Å²) in [5, 5.41) is 0. The van der Waals surface area contributed by atoms with Crippen molar-refractivity contribution in [3.05, 3.63) is 11.9 Å². The monoisotopic (exact) mass is 265 g/mol. The van der Waals surface area contributed by atoms with Crippen LogP contribution >= 0.6 is 0 Å². The third-order valence-corrected chi connectivity index (χ3v) is 3.29. The van der Waals surface area contributed by atoms with Crippen LogP contribution in [0.2, 0.25) is 0 Å². The first-order valence-corrected chi connectivity index (χ1v) is 6.36. The number of hydrogen-bond acceptors (Lipinski definition) is 6. The maximum atomic E-state index is 11.6. The Kier molecular flexibility index (Phi) is 4.19. The highest BCUT2D eigenvalue weighted by molar-refractivity contribution is 5.73. The third-order valence-electron chi connectivity index (χ3n) is 3.29. The first-order chi connectivity index (χ1) is 9.13. The number of carbonyl (C=O) groups excluding carboxylic acids is 1. The highest BCUT2D eigenvalue weighted by Gasteiger charge is 2.27. The number of aromatic nitrogens is 2. The third kappa shape index (κ3) is 3.13. The molecule has 0 spiro atoms. The van der Waals surface area contributed by atoms with Crippen LogP contribution in [0.25, 0.3) is 0 Å². The summed E-state index contributed by atoms with van der Waals surface area (Å²) in [4.78, 5) is 22.3. The van der Waals surface area contributed by atoms with Crippen molar-refractivity contribution in [3.8, 4) is 5.88 Å². The second-order valence-corrected chi connectivity index (χ2v) is 4.62. The number of anilines is 1. The number of nitrogens with zero attached hydrogens (tertiary/aromatic N) is 3. The van der Waals surface area contributed by atoms with Crippen molar-refractivity contribution in [2.45, 2.75) is 19.8 Å². The Bertz CT molecular complexity index is 464. The quantitative estimate of drug-likeness (QED) is 0.765. The highest BCUT2D eigenvalue weighted by Crippen LogP contribution is 2.24. The molecule has 0 saturated carbocycles. The second kappa shape index (κ2) is 5.86. The van der Waals surface area contributed by atoms with Gasteiger partial charge in [-0.25, -0.2) is 4.98 Å². The molecule has 6 heteroatoms. The second-order valence-electron chi connectivity index (χ2n) is 4.62. The minimum Gasteiger partial charge on any atom is -0.481 e. The Morgan fingerprint density at radius 3 is 2.89 bits per heavy atom. The number of carbonyl (C=O) groups is 1. The van der Waals surface area contributed by atoms with Crippen LogP contribution < -0.4 is 9.64 Å². The van der Waals surface area contributed by atoms with Crippen molar-refractivity contribution >= 4 is 11.8 Å². The zero-order valence-electron chi connectivity index (χ0n) is 11.5. The van der Waals surface area contributed by atoms with E-state index in [1.807, 2.05) is 6.92 Å². The van der Waals surface area contributed by atoms with Gasteiger partial charge in [0.25, 0.3) is 0 Å². The molecule has 0 bridgehead atoms. The lowest BCUT2D eigenvalue weighted by molar-refractivity contribution is -0.145. The van der Waals surface area contributed by atoms with Gasteiger partial charge in [0.05, 0.1) is 20.1 Å². The first-order valence-electron chi connectivity index (χ1n) is 6.36. The average molecular weight is 265 g/mol. The van der Waals surface area contributed by atoms with Gasteiger partial charge in [0.15, 0.2) is 0 Å². The minimum atomic E-state index is -0.151. The SMILES string of the molecule is COC(=O)C1CCCN(c2cc(OC)nc(C)n2)C1. The molecule has 2 rings (SSSR count). The maximum Gasteiger partial charge on any atom is 0.310 e. The van der Waals surface area contributed by atoms with Crippen LogP contribution in [0.5, 0.6) is 5.88 Å². The minimum absolute atomic E-state index is 0.0833. The van der Waals surface area contributed by atoms with Gasteiger partial charge in [0.2, 0.25) is 5.88 Å². The molecular weight excluding hydrogens is 246 g/mol. The molecule has 1 atom stereocenters. The summed E-state index contributed by atoms with van der Waals surface area (Å²) in [5.41, 5.74) is 0. The molecule has 2 heterocycles. The molecular formula is C13H19N3O3. The lowest BCUT2D eigenvalue weighted by Gasteiger charge is -2.32. The predicted octanol–water partition coefficient (Wildman–Crippen LogP) is 1.18. The van der Waals surface area contributed by atoms with Crippen molar-refractivity contribution in [2.24, 2.45) is 5.92 Å². The number of esters is 1. The van der Waals surface area contributed by atoms with Gasteiger partial charge in [-0.3, -0.25) is 4.79 Å². The molecule has 0 amide bonds. The van der Waals surface area contributed by atoms with E-state index in [0.29, 0.717) is 18.2 Å². The van der Waals surface area contributed by atoms with Crippen molar-refractivity contribution in [1.29, 1.82) is 0 Å². The molecule has 0 N–H and O–H groups in total. The molecule has 1 aromatic rings. The van der Waals surface area contributed by atoms with Crippen molar-refractivity contribution in [3.63, 3.8) is 0 Å². The lowest BCUT2D eigenvalue weighted by Crippen LogP contribution is -2.39. The number of piperidine rings is 1. The molecule has 1 aliphatic heterocycles. The van der Waals surface area contributed by atoms with Gasteiger partial charge in [0.1, 0.15) is 11.6 Å². The fraction of sp³-hybridized carbons (Fsp3) is 0.615. The summed E-state index contributed by atoms with van der Waals surface area (Å²) in [5.74, 6) is 1.78. The molecule has 1 fully saturated rings. The molecule has 1 aliphatic rings. The van der Waals surface area contributed by atoms with E-state index in [2.05, 4.69) is 14.9 Å². The lowest BCUT2D eigenvalue weighted by atomic mass is 9.98. The van der Waals surface area contributed by atoms with E-state index in [9.17, 15) is 4.79 Å². The van der Waals surface area contributed by atoms with Gasteiger partial charge in [-0.2, -0.15) is 4.98 Å². The largest absolute Gasteiger partial charge is 0.481 e. The topological polar surface area (TPSA) is 64.5 Å². The zero-order valence-corrected chi connectivity index (χ0v) is 11.5. The molecule has 6 nitrogen and oxygen atoms in total. The van der Waals surface area contributed by atoms with E-state index in [0.717, 1.165) is 25.2 Å². The van der Waals surface area contributed by atoms with E-state index >= 15 is 0 Å². The standard InChI is InChI=1S/C13H19N3O3/c1-9-14-11(7-12(15-9)18-2)16-6-4-5-10(8-16)13(17)19-3/h7,10H,4-6,8H2,1-3H3. The molecule has 1 unspecified atom stereocenters. The first kappa shape index (κ1) is 13.6. The van der Waals surface area contributed by atoms with Gasteiger partial charge in [-0.1, -0.05) is 0 Å². The Morgan fingerprint density at radius 1 is 1.42 bits per heavy atom. The van der Waals surface area contributed by atoms with Crippen LogP contribution in [0.4, 0.5) is 5.82 Å². The van der Waals surface area contributed by atoms with Crippen molar-refractivity contribution < 1.29 is 14.3 Å². The van der Waals surface area contributed by atoms with Gasteiger partial charge < -0.3 is 14.4 Å². The Hall–Kier alpha value is -1.85. The van der Waals surface area contributed by atoms with Crippen LogP contribution in [0.1, 0.15) is 18.7 Å². The van der Waals surface area contributed by atoms with Gasteiger partial charge in [0, 0.05) is 19.2 Å². The fourth-order valence-corrected chi connectivity index (χ4v) is 2.34. The zero-order chi connectivity index (χ0) is 13.8. The van der Waals surface area contributed by atoms with Crippen LogP contribution in [0, 0.1) is 12.8 Å². The van der Waals surface area contributed by atoms with Crippen LogP contribution in [0.15, 0.2) is 6.07 Å². The number of methoxy groups -OCH3 is 2. The van der Waals surface area contributed by atoms with Crippen molar-refractivity contribution in [2.75, 3.05) is 32.2 Å². The van der Waals surface area contributed by atoms with E-state index < -0.39 is 0 Å². The average Bonchev–Trinajstić information content (AvgIpc) is 2.45. The molecule has 104 valence electrons. The number of aryl methyl sites for hydroxylation is 1. The fourth-order valence-electron chi connectivity index (χ4n) is 2.34. The maximum absolute atomic E-state index is 11.6. The smallest absolute Gasteiger partial charge is 0.310 e. The number of hydrogen-bond donors (Lipinski definition) is 0. The molecule has 1 aromatic heterocycles.